The Hall–Kier alpha value is -1.57. The van der Waals surface area contributed by atoms with Crippen molar-refractivity contribution in [1.29, 1.82) is 0 Å². The Morgan fingerprint density at radius 2 is 2.14 bits per heavy atom. The number of rotatable bonds is 1. The average molecular weight is 186 g/mol. The van der Waals surface area contributed by atoms with Crippen molar-refractivity contribution in [3.63, 3.8) is 0 Å². The summed E-state index contributed by atoms with van der Waals surface area (Å²) >= 11 is 0. The Bertz CT molecular complexity index is 376. The van der Waals surface area contributed by atoms with Crippen LogP contribution in [0.5, 0.6) is 0 Å². The molecule has 0 bridgehead atoms. The maximum atomic E-state index is 4.43. The minimum absolute atomic E-state index is 0.164. The van der Waals surface area contributed by atoms with E-state index >= 15 is 0 Å². The van der Waals surface area contributed by atoms with Gasteiger partial charge in [-0.05, 0) is 37.8 Å². The SMILES string of the molecule is Cc1ccc(C2(C)C=CC=CN2)nc1. The molecule has 0 fully saturated rings. The molecule has 0 aromatic carbocycles. The molecule has 0 radical (unpaired) electrons. The highest BCUT2D eigenvalue weighted by Crippen LogP contribution is 2.22. The van der Waals surface area contributed by atoms with Crippen molar-refractivity contribution in [2.45, 2.75) is 19.4 Å². The maximum absolute atomic E-state index is 4.43. The fourth-order valence-corrected chi connectivity index (χ4v) is 1.51. The van der Waals surface area contributed by atoms with E-state index in [4.69, 9.17) is 0 Å². The summed E-state index contributed by atoms with van der Waals surface area (Å²) in [6, 6.07) is 4.15. The molecule has 1 aromatic rings. The van der Waals surface area contributed by atoms with Gasteiger partial charge >= 0.3 is 0 Å². The highest BCUT2D eigenvalue weighted by molar-refractivity contribution is 5.29. The van der Waals surface area contributed by atoms with E-state index < -0.39 is 0 Å². The van der Waals surface area contributed by atoms with Crippen molar-refractivity contribution in [2.75, 3.05) is 0 Å². The van der Waals surface area contributed by atoms with Crippen molar-refractivity contribution in [3.05, 3.63) is 54.0 Å². The van der Waals surface area contributed by atoms with Crippen molar-refractivity contribution < 1.29 is 0 Å². The molecule has 1 unspecified atom stereocenters. The van der Waals surface area contributed by atoms with E-state index in [1.807, 2.05) is 31.5 Å². The zero-order chi connectivity index (χ0) is 10.0. The zero-order valence-electron chi connectivity index (χ0n) is 8.49. The molecule has 0 saturated heterocycles. The second-order valence-corrected chi connectivity index (χ2v) is 3.79. The van der Waals surface area contributed by atoms with Gasteiger partial charge in [0.25, 0.3) is 0 Å². The fourth-order valence-electron chi connectivity index (χ4n) is 1.51. The number of allylic oxidation sites excluding steroid dienone is 2. The van der Waals surface area contributed by atoms with Gasteiger partial charge in [0.1, 0.15) is 0 Å². The van der Waals surface area contributed by atoms with Gasteiger partial charge in [0, 0.05) is 6.20 Å². The third-order valence-electron chi connectivity index (χ3n) is 2.46. The molecule has 1 aromatic heterocycles. The quantitative estimate of drug-likeness (QED) is 0.727. The van der Waals surface area contributed by atoms with Crippen LogP contribution in [0.2, 0.25) is 0 Å². The summed E-state index contributed by atoms with van der Waals surface area (Å²) in [4.78, 5) is 4.43. The van der Waals surface area contributed by atoms with Crippen LogP contribution in [-0.2, 0) is 5.54 Å². The standard InChI is InChI=1S/C12H14N2/c1-10-5-6-11(13-9-10)12(2)7-3-4-8-14-12/h3-9,14H,1-2H3. The Labute approximate surface area is 84.4 Å². The van der Waals surface area contributed by atoms with Crippen molar-refractivity contribution in [3.8, 4) is 0 Å². The molecule has 14 heavy (non-hydrogen) atoms. The van der Waals surface area contributed by atoms with Crippen LogP contribution >= 0.6 is 0 Å². The molecule has 2 nitrogen and oxygen atoms in total. The smallest absolute Gasteiger partial charge is 0.0951 e. The second kappa shape index (κ2) is 3.29. The molecule has 72 valence electrons. The van der Waals surface area contributed by atoms with E-state index in [9.17, 15) is 0 Å². The number of dihydropyridines is 1. The van der Waals surface area contributed by atoms with Crippen LogP contribution in [0, 0.1) is 6.92 Å². The van der Waals surface area contributed by atoms with Gasteiger partial charge < -0.3 is 5.32 Å². The predicted molar refractivity (Wildman–Crippen MR) is 57.7 cm³/mol. The predicted octanol–water partition coefficient (Wildman–Crippen LogP) is 2.28. The van der Waals surface area contributed by atoms with Crippen molar-refractivity contribution in [2.24, 2.45) is 0 Å². The number of hydrogen-bond acceptors (Lipinski definition) is 2. The van der Waals surface area contributed by atoms with Gasteiger partial charge in [-0.15, -0.1) is 0 Å². The number of pyridine rings is 1. The van der Waals surface area contributed by atoms with Gasteiger partial charge in [0.15, 0.2) is 0 Å². The summed E-state index contributed by atoms with van der Waals surface area (Å²) in [6.07, 6.45) is 9.98. The van der Waals surface area contributed by atoms with Crippen LogP contribution in [0.3, 0.4) is 0 Å². The van der Waals surface area contributed by atoms with E-state index in [0.29, 0.717) is 0 Å². The lowest BCUT2D eigenvalue weighted by Crippen LogP contribution is -2.35. The van der Waals surface area contributed by atoms with E-state index in [0.717, 1.165) is 5.69 Å². The molecular formula is C12H14N2. The molecule has 0 aliphatic carbocycles. The first-order valence-electron chi connectivity index (χ1n) is 4.76. The monoisotopic (exact) mass is 186 g/mol. The molecular weight excluding hydrogens is 172 g/mol. The fraction of sp³-hybridized carbons (Fsp3) is 0.250. The molecule has 1 atom stereocenters. The highest BCUT2D eigenvalue weighted by atomic mass is 15.0. The van der Waals surface area contributed by atoms with Crippen LogP contribution in [-0.4, -0.2) is 4.98 Å². The van der Waals surface area contributed by atoms with Gasteiger partial charge in [-0.25, -0.2) is 0 Å². The van der Waals surface area contributed by atoms with Crippen LogP contribution in [0.4, 0.5) is 0 Å². The van der Waals surface area contributed by atoms with Crippen molar-refractivity contribution in [1.82, 2.24) is 10.3 Å². The molecule has 0 amide bonds. The minimum atomic E-state index is -0.164. The maximum Gasteiger partial charge on any atom is 0.0951 e. The minimum Gasteiger partial charge on any atom is -0.377 e. The molecule has 0 saturated carbocycles. The van der Waals surface area contributed by atoms with Gasteiger partial charge in [0.2, 0.25) is 0 Å². The number of aromatic nitrogens is 1. The summed E-state index contributed by atoms with van der Waals surface area (Å²) < 4.78 is 0. The Kier molecular flexibility index (Phi) is 2.12. The lowest BCUT2D eigenvalue weighted by molar-refractivity contribution is 0.507. The molecule has 1 aliphatic heterocycles. The number of aryl methyl sites for hydroxylation is 1. The first-order chi connectivity index (χ1) is 6.71. The topological polar surface area (TPSA) is 24.9 Å². The number of nitrogens with one attached hydrogen (secondary N) is 1. The van der Waals surface area contributed by atoms with E-state index in [1.54, 1.807) is 0 Å². The number of hydrogen-bond donors (Lipinski definition) is 1. The summed E-state index contributed by atoms with van der Waals surface area (Å²) in [5, 5.41) is 3.30. The normalized spacial score (nSPS) is 24.7. The van der Waals surface area contributed by atoms with Gasteiger partial charge in [-0.1, -0.05) is 18.2 Å². The Balaban J connectivity index is 2.34. The van der Waals surface area contributed by atoms with E-state index in [2.05, 4.69) is 35.4 Å². The van der Waals surface area contributed by atoms with Crippen LogP contribution in [0.25, 0.3) is 0 Å². The third-order valence-corrected chi connectivity index (χ3v) is 2.46. The lowest BCUT2D eigenvalue weighted by Gasteiger charge is -2.27. The van der Waals surface area contributed by atoms with Crippen LogP contribution in [0.1, 0.15) is 18.2 Å². The first-order valence-corrected chi connectivity index (χ1v) is 4.76. The largest absolute Gasteiger partial charge is 0.377 e. The zero-order valence-corrected chi connectivity index (χ0v) is 8.49. The molecule has 1 aliphatic rings. The Morgan fingerprint density at radius 3 is 2.71 bits per heavy atom. The highest BCUT2D eigenvalue weighted by Gasteiger charge is 2.23. The van der Waals surface area contributed by atoms with Gasteiger partial charge in [0.05, 0.1) is 11.2 Å². The second-order valence-electron chi connectivity index (χ2n) is 3.79. The first kappa shape index (κ1) is 9.00. The van der Waals surface area contributed by atoms with E-state index in [1.165, 1.54) is 5.56 Å². The van der Waals surface area contributed by atoms with Gasteiger partial charge in [-0.3, -0.25) is 4.98 Å². The Morgan fingerprint density at radius 1 is 1.29 bits per heavy atom. The lowest BCUT2D eigenvalue weighted by atomic mass is 9.95. The van der Waals surface area contributed by atoms with Gasteiger partial charge in [-0.2, -0.15) is 0 Å². The summed E-state index contributed by atoms with van der Waals surface area (Å²) in [7, 11) is 0. The average Bonchev–Trinajstić information content (AvgIpc) is 2.19. The van der Waals surface area contributed by atoms with E-state index in [-0.39, 0.29) is 5.54 Å². The molecule has 2 heteroatoms. The molecule has 2 rings (SSSR count). The summed E-state index contributed by atoms with van der Waals surface area (Å²) in [5.74, 6) is 0. The molecule has 1 N–H and O–H groups in total. The van der Waals surface area contributed by atoms with Crippen molar-refractivity contribution >= 4 is 0 Å². The molecule has 2 heterocycles. The summed E-state index contributed by atoms with van der Waals surface area (Å²) in [6.45, 7) is 4.16. The molecule has 0 spiro atoms. The van der Waals surface area contributed by atoms with Crippen LogP contribution < -0.4 is 5.32 Å². The summed E-state index contributed by atoms with van der Waals surface area (Å²) in [5.41, 5.74) is 2.07. The number of nitrogens with zero attached hydrogens (tertiary/aromatic N) is 1. The van der Waals surface area contributed by atoms with Crippen LogP contribution in [0.15, 0.2) is 42.8 Å². The third kappa shape index (κ3) is 1.55.